The van der Waals surface area contributed by atoms with Crippen molar-refractivity contribution in [3.05, 3.63) is 0 Å². The first-order valence-corrected chi connectivity index (χ1v) is 3.66. The summed E-state index contributed by atoms with van der Waals surface area (Å²) in [7, 11) is 3.79. The molecule has 1 heterocycles. The van der Waals surface area contributed by atoms with E-state index >= 15 is 0 Å². The van der Waals surface area contributed by atoms with Gasteiger partial charge in [-0.15, -0.1) is 0 Å². The van der Waals surface area contributed by atoms with Gasteiger partial charge in [-0.25, -0.2) is 0 Å². The van der Waals surface area contributed by atoms with Crippen LogP contribution in [0.4, 0.5) is 0 Å². The van der Waals surface area contributed by atoms with Crippen molar-refractivity contribution in [1.82, 2.24) is 10.2 Å². The molecule has 0 aromatic carbocycles. The number of hydrogen-bond acceptors (Lipinski definition) is 2. The van der Waals surface area contributed by atoms with Gasteiger partial charge in [-0.2, -0.15) is 0 Å². The molecule has 0 aromatic heterocycles. The standard InChI is InChI=1S/C7H14N2O/c1-8-5-6-3-4-7(10)9(6)2/h6,8H,3-5H2,1-2H3/t6-/m0/s1. The van der Waals surface area contributed by atoms with Crippen molar-refractivity contribution in [1.29, 1.82) is 0 Å². The molecule has 0 bridgehead atoms. The second-order valence-corrected chi connectivity index (χ2v) is 2.75. The maximum Gasteiger partial charge on any atom is 0.222 e. The Hall–Kier alpha value is -0.570. The summed E-state index contributed by atoms with van der Waals surface area (Å²) < 4.78 is 0. The predicted molar refractivity (Wildman–Crippen MR) is 39.7 cm³/mol. The molecule has 0 aromatic rings. The van der Waals surface area contributed by atoms with Crippen molar-refractivity contribution in [2.75, 3.05) is 20.6 Å². The molecular weight excluding hydrogens is 128 g/mol. The van der Waals surface area contributed by atoms with Gasteiger partial charge in [0, 0.05) is 26.1 Å². The van der Waals surface area contributed by atoms with Crippen LogP contribution in [0.15, 0.2) is 0 Å². The SMILES string of the molecule is CNC[C@@H]1CCC(=O)N1C. The van der Waals surface area contributed by atoms with E-state index in [1.807, 2.05) is 19.0 Å². The van der Waals surface area contributed by atoms with E-state index in [4.69, 9.17) is 0 Å². The number of likely N-dealkylation sites (tertiary alicyclic amines) is 1. The molecule has 1 amide bonds. The molecule has 1 saturated heterocycles. The summed E-state index contributed by atoms with van der Waals surface area (Å²) >= 11 is 0. The topological polar surface area (TPSA) is 32.3 Å². The summed E-state index contributed by atoms with van der Waals surface area (Å²) in [5, 5.41) is 3.07. The third-order valence-corrected chi connectivity index (χ3v) is 2.07. The van der Waals surface area contributed by atoms with Crippen molar-refractivity contribution < 1.29 is 4.79 Å². The zero-order chi connectivity index (χ0) is 7.56. The molecule has 3 nitrogen and oxygen atoms in total. The minimum absolute atomic E-state index is 0.278. The third kappa shape index (κ3) is 1.29. The Bertz CT molecular complexity index is 136. The van der Waals surface area contributed by atoms with Crippen LogP contribution < -0.4 is 5.32 Å². The molecule has 1 N–H and O–H groups in total. The molecule has 1 aliphatic rings. The van der Waals surface area contributed by atoms with E-state index in [1.165, 1.54) is 0 Å². The smallest absolute Gasteiger partial charge is 0.222 e. The fourth-order valence-corrected chi connectivity index (χ4v) is 1.34. The minimum Gasteiger partial charge on any atom is -0.341 e. The summed E-state index contributed by atoms with van der Waals surface area (Å²) in [6.07, 6.45) is 1.74. The first-order chi connectivity index (χ1) is 4.75. The molecule has 1 fully saturated rings. The molecule has 0 spiro atoms. The van der Waals surface area contributed by atoms with Crippen molar-refractivity contribution >= 4 is 5.91 Å². The number of carbonyl (C=O) groups excluding carboxylic acids is 1. The molecule has 3 heteroatoms. The Morgan fingerprint density at radius 3 is 2.90 bits per heavy atom. The fraction of sp³-hybridized carbons (Fsp3) is 0.857. The molecule has 58 valence electrons. The number of rotatable bonds is 2. The van der Waals surface area contributed by atoms with Gasteiger partial charge in [0.05, 0.1) is 0 Å². The Balaban J connectivity index is 2.41. The lowest BCUT2D eigenvalue weighted by Crippen LogP contribution is -2.35. The van der Waals surface area contributed by atoms with E-state index in [0.29, 0.717) is 6.04 Å². The molecule has 0 unspecified atom stereocenters. The summed E-state index contributed by atoms with van der Waals surface area (Å²) in [6.45, 7) is 0.919. The molecule has 10 heavy (non-hydrogen) atoms. The quantitative estimate of drug-likeness (QED) is 0.580. The maximum absolute atomic E-state index is 11.0. The van der Waals surface area contributed by atoms with Crippen molar-refractivity contribution in [2.45, 2.75) is 18.9 Å². The van der Waals surface area contributed by atoms with Crippen LogP contribution in [0.5, 0.6) is 0 Å². The lowest BCUT2D eigenvalue weighted by molar-refractivity contribution is -0.127. The van der Waals surface area contributed by atoms with Crippen LogP contribution >= 0.6 is 0 Å². The van der Waals surface area contributed by atoms with Crippen LogP contribution in [0.1, 0.15) is 12.8 Å². The minimum atomic E-state index is 0.278. The first-order valence-electron chi connectivity index (χ1n) is 3.66. The second kappa shape index (κ2) is 3.01. The molecule has 1 rings (SSSR count). The number of hydrogen-bond donors (Lipinski definition) is 1. The van der Waals surface area contributed by atoms with E-state index in [2.05, 4.69) is 5.32 Å². The van der Waals surface area contributed by atoms with Crippen LogP contribution in [0.2, 0.25) is 0 Å². The Morgan fingerprint density at radius 1 is 1.80 bits per heavy atom. The van der Waals surface area contributed by atoms with Crippen molar-refractivity contribution in [2.24, 2.45) is 0 Å². The third-order valence-electron chi connectivity index (χ3n) is 2.07. The highest BCUT2D eigenvalue weighted by Crippen LogP contribution is 2.14. The maximum atomic E-state index is 11.0. The Kier molecular flexibility index (Phi) is 2.27. The van der Waals surface area contributed by atoms with Gasteiger partial charge >= 0.3 is 0 Å². The number of likely N-dealkylation sites (N-methyl/N-ethyl adjacent to an activating group) is 2. The normalized spacial score (nSPS) is 26.0. The summed E-state index contributed by atoms with van der Waals surface area (Å²) in [5.74, 6) is 0.278. The van der Waals surface area contributed by atoms with Gasteiger partial charge in [-0.3, -0.25) is 4.79 Å². The average Bonchev–Trinajstić information content (AvgIpc) is 2.20. The Labute approximate surface area is 61.4 Å². The van der Waals surface area contributed by atoms with Crippen LogP contribution in [-0.4, -0.2) is 37.5 Å². The van der Waals surface area contributed by atoms with E-state index in [1.54, 1.807) is 0 Å². The number of amides is 1. The number of nitrogens with zero attached hydrogens (tertiary/aromatic N) is 1. The zero-order valence-corrected chi connectivity index (χ0v) is 6.55. The van der Waals surface area contributed by atoms with E-state index in [-0.39, 0.29) is 5.91 Å². The molecule has 0 saturated carbocycles. The van der Waals surface area contributed by atoms with Gasteiger partial charge in [0.1, 0.15) is 0 Å². The van der Waals surface area contributed by atoms with Crippen LogP contribution in [0.3, 0.4) is 0 Å². The zero-order valence-electron chi connectivity index (χ0n) is 6.55. The molecular formula is C7H14N2O. The van der Waals surface area contributed by atoms with E-state index in [9.17, 15) is 4.79 Å². The van der Waals surface area contributed by atoms with Crippen LogP contribution in [0.25, 0.3) is 0 Å². The van der Waals surface area contributed by atoms with Gasteiger partial charge in [0.25, 0.3) is 0 Å². The molecule has 0 radical (unpaired) electrons. The highest BCUT2D eigenvalue weighted by Gasteiger charge is 2.26. The highest BCUT2D eigenvalue weighted by atomic mass is 16.2. The van der Waals surface area contributed by atoms with Gasteiger partial charge in [-0.1, -0.05) is 0 Å². The first kappa shape index (κ1) is 7.54. The summed E-state index contributed by atoms with van der Waals surface area (Å²) in [6, 6.07) is 0.428. The van der Waals surface area contributed by atoms with Gasteiger partial charge < -0.3 is 10.2 Å². The van der Waals surface area contributed by atoms with Crippen LogP contribution in [-0.2, 0) is 4.79 Å². The lowest BCUT2D eigenvalue weighted by atomic mass is 10.2. The largest absolute Gasteiger partial charge is 0.341 e. The highest BCUT2D eigenvalue weighted by molar-refractivity contribution is 5.78. The van der Waals surface area contributed by atoms with Gasteiger partial charge in [-0.05, 0) is 13.5 Å². The lowest BCUT2D eigenvalue weighted by Gasteiger charge is -2.18. The van der Waals surface area contributed by atoms with E-state index in [0.717, 1.165) is 19.4 Å². The number of nitrogens with one attached hydrogen (secondary N) is 1. The average molecular weight is 142 g/mol. The predicted octanol–water partition coefficient (Wildman–Crippen LogP) is -0.173. The summed E-state index contributed by atoms with van der Waals surface area (Å²) in [4.78, 5) is 12.8. The van der Waals surface area contributed by atoms with E-state index < -0.39 is 0 Å². The monoisotopic (exact) mass is 142 g/mol. The molecule has 1 aliphatic heterocycles. The van der Waals surface area contributed by atoms with Crippen LogP contribution in [0, 0.1) is 0 Å². The number of carbonyl (C=O) groups is 1. The van der Waals surface area contributed by atoms with Crippen molar-refractivity contribution in [3.63, 3.8) is 0 Å². The molecule has 0 aliphatic carbocycles. The van der Waals surface area contributed by atoms with Crippen molar-refractivity contribution in [3.8, 4) is 0 Å². The Morgan fingerprint density at radius 2 is 2.50 bits per heavy atom. The second-order valence-electron chi connectivity index (χ2n) is 2.75. The molecule has 1 atom stereocenters. The summed E-state index contributed by atoms with van der Waals surface area (Å²) in [5.41, 5.74) is 0. The van der Waals surface area contributed by atoms with Gasteiger partial charge in [0.2, 0.25) is 5.91 Å². The fourth-order valence-electron chi connectivity index (χ4n) is 1.34. The van der Waals surface area contributed by atoms with Gasteiger partial charge in [0.15, 0.2) is 0 Å².